The van der Waals surface area contributed by atoms with Crippen LogP contribution in [-0.2, 0) is 23.9 Å². The van der Waals surface area contributed by atoms with Gasteiger partial charge in [0.2, 0.25) is 0 Å². The second-order valence-corrected chi connectivity index (χ2v) is 6.22. The quantitative estimate of drug-likeness (QED) is 0.618. The third-order valence-corrected chi connectivity index (χ3v) is 4.25. The Balaban J connectivity index is 2.27. The van der Waals surface area contributed by atoms with Gasteiger partial charge in [-0.2, -0.15) is 0 Å². The third kappa shape index (κ3) is 5.78. The lowest BCUT2D eigenvalue weighted by Crippen LogP contribution is -2.49. The van der Waals surface area contributed by atoms with Gasteiger partial charge in [0.1, 0.15) is 6.04 Å². The van der Waals surface area contributed by atoms with E-state index in [2.05, 4.69) is 5.32 Å². The van der Waals surface area contributed by atoms with Gasteiger partial charge in [-0.15, -0.1) is 0 Å². The molecule has 0 heterocycles. The predicted octanol–water partition coefficient (Wildman–Crippen LogP) is 2.16. The first-order valence-electron chi connectivity index (χ1n) is 9.22. The van der Waals surface area contributed by atoms with Crippen molar-refractivity contribution < 1.29 is 33.8 Å². The minimum atomic E-state index is -1.66. The Morgan fingerprint density at radius 1 is 0.966 bits per heavy atom. The second-order valence-electron chi connectivity index (χ2n) is 6.22. The summed E-state index contributed by atoms with van der Waals surface area (Å²) in [7, 11) is 0. The number of carbonyl (C=O) groups is 4. The molecule has 8 nitrogen and oxygen atoms in total. The summed E-state index contributed by atoms with van der Waals surface area (Å²) in [4.78, 5) is 48.6. The minimum Gasteiger partial charge on any atom is -0.480 e. The van der Waals surface area contributed by atoms with Crippen molar-refractivity contribution in [2.45, 2.75) is 26.3 Å². The van der Waals surface area contributed by atoms with E-state index in [0.29, 0.717) is 0 Å². The van der Waals surface area contributed by atoms with E-state index in [1.54, 1.807) is 32.0 Å². The van der Waals surface area contributed by atoms with E-state index in [0.717, 1.165) is 10.8 Å². The first kappa shape index (κ1) is 21.9. The molecule has 0 bridgehead atoms. The molecule has 0 aromatic heterocycles. The number of fused-ring (bicyclic) bond motifs is 1. The number of benzene rings is 2. The molecular weight excluding hydrogens is 378 g/mol. The van der Waals surface area contributed by atoms with E-state index in [1.807, 2.05) is 24.3 Å². The molecule has 0 radical (unpaired) electrons. The van der Waals surface area contributed by atoms with Crippen LogP contribution in [0, 0.1) is 5.92 Å². The highest BCUT2D eigenvalue weighted by Gasteiger charge is 2.38. The Bertz CT molecular complexity index is 909. The summed E-state index contributed by atoms with van der Waals surface area (Å²) in [6.07, 6.45) is -0.526. The fraction of sp³-hybridized carbons (Fsp3) is 0.333. The number of hydrogen-bond donors (Lipinski definition) is 2. The molecule has 0 spiro atoms. The normalized spacial score (nSPS) is 12.6. The van der Waals surface area contributed by atoms with Crippen molar-refractivity contribution in [1.29, 1.82) is 0 Å². The topological polar surface area (TPSA) is 119 Å². The molecule has 0 aliphatic heterocycles. The molecular formula is C21H23NO7. The van der Waals surface area contributed by atoms with Crippen LogP contribution in [0.4, 0.5) is 0 Å². The van der Waals surface area contributed by atoms with E-state index in [-0.39, 0.29) is 18.8 Å². The summed E-state index contributed by atoms with van der Waals surface area (Å²) in [5.41, 5.74) is 0.230. The first-order chi connectivity index (χ1) is 13.9. The number of rotatable bonds is 9. The van der Waals surface area contributed by atoms with Gasteiger partial charge in [-0.25, -0.2) is 4.79 Å². The molecule has 2 aromatic rings. The van der Waals surface area contributed by atoms with Crippen molar-refractivity contribution in [2.24, 2.45) is 5.92 Å². The van der Waals surface area contributed by atoms with Crippen LogP contribution in [0.2, 0.25) is 0 Å². The average Bonchev–Trinajstić information content (AvgIpc) is 2.70. The summed E-state index contributed by atoms with van der Waals surface area (Å²) >= 11 is 0. The van der Waals surface area contributed by atoms with Crippen LogP contribution in [0.3, 0.4) is 0 Å². The van der Waals surface area contributed by atoms with Crippen molar-refractivity contribution in [3.63, 3.8) is 0 Å². The van der Waals surface area contributed by atoms with E-state index in [1.165, 1.54) is 0 Å². The van der Waals surface area contributed by atoms with Crippen LogP contribution in [0.15, 0.2) is 42.5 Å². The number of nitrogens with one attached hydrogen (secondary N) is 1. The number of carbonyl (C=O) groups excluding carboxylic acids is 3. The molecule has 1 amide bonds. The van der Waals surface area contributed by atoms with Gasteiger partial charge in [-0.3, -0.25) is 14.4 Å². The van der Waals surface area contributed by atoms with E-state index >= 15 is 0 Å². The lowest BCUT2D eigenvalue weighted by Gasteiger charge is -2.23. The third-order valence-electron chi connectivity index (χ3n) is 4.25. The number of amides is 1. The Kier molecular flexibility index (Phi) is 7.70. The van der Waals surface area contributed by atoms with Gasteiger partial charge in [0.15, 0.2) is 0 Å². The predicted molar refractivity (Wildman–Crippen MR) is 104 cm³/mol. The van der Waals surface area contributed by atoms with Gasteiger partial charge >= 0.3 is 17.9 Å². The van der Waals surface area contributed by atoms with Crippen LogP contribution >= 0.6 is 0 Å². The van der Waals surface area contributed by atoms with Gasteiger partial charge in [-0.1, -0.05) is 30.3 Å². The van der Waals surface area contributed by atoms with Crippen molar-refractivity contribution in [3.05, 3.63) is 48.0 Å². The van der Waals surface area contributed by atoms with Crippen LogP contribution in [-0.4, -0.2) is 48.2 Å². The molecule has 0 saturated heterocycles. The molecule has 29 heavy (non-hydrogen) atoms. The second kappa shape index (κ2) is 10.2. The van der Waals surface area contributed by atoms with Gasteiger partial charge in [-0.05, 0) is 36.8 Å². The monoisotopic (exact) mass is 401 g/mol. The number of aliphatic carboxylic acids is 1. The van der Waals surface area contributed by atoms with Crippen LogP contribution in [0.25, 0.3) is 10.8 Å². The molecule has 2 aromatic carbocycles. The largest absolute Gasteiger partial charge is 0.480 e. The lowest BCUT2D eigenvalue weighted by molar-refractivity contribution is -0.159. The Labute approximate surface area is 167 Å². The molecule has 154 valence electrons. The van der Waals surface area contributed by atoms with Gasteiger partial charge in [0.25, 0.3) is 5.91 Å². The Morgan fingerprint density at radius 3 is 2.24 bits per heavy atom. The maximum Gasteiger partial charge on any atom is 0.327 e. The van der Waals surface area contributed by atoms with E-state index in [4.69, 9.17) is 9.47 Å². The summed E-state index contributed by atoms with van der Waals surface area (Å²) in [5.74, 6) is -5.21. The SMILES string of the molecule is CCOC(=O)C[C@H](C(=O)OCC)[C@@H](NC(=O)c1ccc2ccccc2c1)C(=O)O. The van der Waals surface area contributed by atoms with Crippen LogP contribution in [0.1, 0.15) is 30.6 Å². The number of carboxylic acid groups (broad SMARTS) is 1. The number of hydrogen-bond acceptors (Lipinski definition) is 6. The zero-order chi connectivity index (χ0) is 21.4. The molecule has 8 heteroatoms. The fourth-order valence-corrected chi connectivity index (χ4v) is 2.88. The zero-order valence-corrected chi connectivity index (χ0v) is 16.2. The maximum atomic E-state index is 12.7. The average molecular weight is 401 g/mol. The summed E-state index contributed by atoms with van der Waals surface area (Å²) in [5, 5.41) is 13.7. The maximum absolute atomic E-state index is 12.7. The smallest absolute Gasteiger partial charge is 0.327 e. The molecule has 0 aliphatic carbocycles. The molecule has 2 N–H and O–H groups in total. The van der Waals surface area contributed by atoms with Gasteiger partial charge < -0.3 is 19.9 Å². The van der Waals surface area contributed by atoms with Crippen molar-refractivity contribution in [1.82, 2.24) is 5.32 Å². The molecule has 2 atom stereocenters. The molecule has 0 saturated carbocycles. The van der Waals surface area contributed by atoms with Crippen molar-refractivity contribution in [2.75, 3.05) is 13.2 Å². The Morgan fingerprint density at radius 2 is 1.62 bits per heavy atom. The molecule has 0 fully saturated rings. The van der Waals surface area contributed by atoms with Crippen molar-refractivity contribution in [3.8, 4) is 0 Å². The van der Waals surface area contributed by atoms with E-state index in [9.17, 15) is 24.3 Å². The summed E-state index contributed by atoms with van der Waals surface area (Å²) in [6.45, 7) is 3.23. The highest BCUT2D eigenvalue weighted by molar-refractivity contribution is 6.01. The molecule has 0 aliphatic rings. The Hall–Kier alpha value is -3.42. The summed E-state index contributed by atoms with van der Waals surface area (Å²) in [6, 6.07) is 10.6. The molecule has 0 unspecified atom stereocenters. The van der Waals surface area contributed by atoms with Crippen molar-refractivity contribution >= 4 is 34.6 Å². The van der Waals surface area contributed by atoms with Gasteiger partial charge in [0.05, 0.1) is 25.6 Å². The fourth-order valence-electron chi connectivity index (χ4n) is 2.88. The van der Waals surface area contributed by atoms with E-state index < -0.39 is 42.2 Å². The minimum absolute atomic E-state index is 0.00309. The van der Waals surface area contributed by atoms with Crippen LogP contribution in [0.5, 0.6) is 0 Å². The standard InChI is InChI=1S/C21H23NO7/c1-3-28-17(23)12-16(21(27)29-4-2)18(20(25)26)22-19(24)15-10-9-13-7-5-6-8-14(13)11-15/h5-11,16,18H,3-4,12H2,1-2H3,(H,22,24)(H,25,26)/t16-,18+/m0/s1. The highest BCUT2D eigenvalue weighted by Crippen LogP contribution is 2.18. The van der Waals surface area contributed by atoms with Gasteiger partial charge in [0, 0.05) is 5.56 Å². The zero-order valence-electron chi connectivity index (χ0n) is 16.2. The summed E-state index contributed by atoms with van der Waals surface area (Å²) < 4.78 is 9.71. The molecule has 2 rings (SSSR count). The lowest BCUT2D eigenvalue weighted by atomic mass is 9.95. The number of esters is 2. The van der Waals surface area contributed by atoms with Crippen LogP contribution < -0.4 is 5.32 Å². The first-order valence-corrected chi connectivity index (χ1v) is 9.22. The highest BCUT2D eigenvalue weighted by atomic mass is 16.5. The number of carboxylic acids is 1. The number of ether oxygens (including phenoxy) is 2.